The number of hydrogen-bond donors (Lipinski definition) is 0. The van der Waals surface area contributed by atoms with E-state index in [-0.39, 0.29) is 11.2 Å². The molecule has 1 aliphatic carbocycles. The molecule has 0 saturated heterocycles. The molecule has 2 rings (SSSR count). The molecule has 0 N–H and O–H groups in total. The molecule has 0 unspecified atom stereocenters. The molecule has 0 nitrogen and oxygen atoms in total. The molecule has 0 bridgehead atoms. The largest absolute Gasteiger partial charge is 0.207 e. The van der Waals surface area contributed by atoms with E-state index in [4.69, 9.17) is 6.42 Å². The highest BCUT2D eigenvalue weighted by Crippen LogP contribution is 2.48. The second-order valence-corrected chi connectivity index (χ2v) is 3.21. The van der Waals surface area contributed by atoms with Crippen LogP contribution >= 0.6 is 0 Å². The Kier molecular flexibility index (Phi) is 1.44. The summed E-state index contributed by atoms with van der Waals surface area (Å²) < 4.78 is 13.2. The summed E-state index contributed by atoms with van der Waals surface area (Å²) in [7, 11) is 0. The Hall–Kier alpha value is -1.29. The van der Waals surface area contributed by atoms with Crippen molar-refractivity contribution in [3.8, 4) is 12.3 Å². The third-order valence-electron chi connectivity index (χ3n) is 2.42. The van der Waals surface area contributed by atoms with Crippen molar-refractivity contribution in [2.45, 2.75) is 18.3 Å². The molecule has 0 aliphatic heterocycles. The fourth-order valence-electron chi connectivity index (χ4n) is 1.47. The summed E-state index contributed by atoms with van der Waals surface area (Å²) in [4.78, 5) is 0. The Labute approximate surface area is 71.4 Å². The first-order valence-corrected chi connectivity index (χ1v) is 4.01. The highest BCUT2D eigenvalue weighted by atomic mass is 19.1. The topological polar surface area (TPSA) is 0 Å². The van der Waals surface area contributed by atoms with Crippen LogP contribution in [0.3, 0.4) is 0 Å². The van der Waals surface area contributed by atoms with Crippen LogP contribution in [0.4, 0.5) is 4.39 Å². The van der Waals surface area contributed by atoms with Gasteiger partial charge in [-0.15, -0.1) is 6.42 Å². The van der Waals surface area contributed by atoms with Crippen molar-refractivity contribution in [3.63, 3.8) is 0 Å². The average Bonchev–Trinajstić information content (AvgIpc) is 2.86. The SMILES string of the molecule is C#CC1(c2ccccc2F)CC1. The molecule has 0 heterocycles. The highest BCUT2D eigenvalue weighted by Gasteiger charge is 2.44. The summed E-state index contributed by atoms with van der Waals surface area (Å²) in [5.41, 5.74) is 0.415. The van der Waals surface area contributed by atoms with Gasteiger partial charge >= 0.3 is 0 Å². The predicted molar refractivity (Wildman–Crippen MR) is 46.1 cm³/mol. The van der Waals surface area contributed by atoms with Crippen LogP contribution in [0.1, 0.15) is 18.4 Å². The number of rotatable bonds is 1. The molecule has 0 aromatic heterocycles. The van der Waals surface area contributed by atoms with Gasteiger partial charge in [-0.3, -0.25) is 0 Å². The van der Waals surface area contributed by atoms with Crippen molar-refractivity contribution in [2.24, 2.45) is 0 Å². The van der Waals surface area contributed by atoms with Crippen LogP contribution in [0, 0.1) is 18.2 Å². The first-order valence-electron chi connectivity index (χ1n) is 4.01. The third-order valence-corrected chi connectivity index (χ3v) is 2.42. The molecule has 12 heavy (non-hydrogen) atoms. The summed E-state index contributed by atoms with van der Waals surface area (Å²) in [6, 6.07) is 6.76. The van der Waals surface area contributed by atoms with E-state index in [1.807, 2.05) is 6.07 Å². The fourth-order valence-corrected chi connectivity index (χ4v) is 1.47. The first-order chi connectivity index (χ1) is 5.78. The van der Waals surface area contributed by atoms with Crippen LogP contribution in [0.15, 0.2) is 24.3 Å². The van der Waals surface area contributed by atoms with Gasteiger partial charge in [0.15, 0.2) is 0 Å². The van der Waals surface area contributed by atoms with Gasteiger partial charge in [0.1, 0.15) is 5.82 Å². The molecule has 1 aromatic rings. The van der Waals surface area contributed by atoms with Crippen LogP contribution in [-0.4, -0.2) is 0 Å². The minimum Gasteiger partial charge on any atom is -0.207 e. The summed E-state index contributed by atoms with van der Waals surface area (Å²) in [6.07, 6.45) is 7.20. The van der Waals surface area contributed by atoms with Crippen LogP contribution in [0.25, 0.3) is 0 Å². The zero-order chi connectivity index (χ0) is 8.60. The Balaban J connectivity index is 2.48. The lowest BCUT2D eigenvalue weighted by Gasteiger charge is -2.07. The van der Waals surface area contributed by atoms with Crippen LogP contribution < -0.4 is 0 Å². The van der Waals surface area contributed by atoms with Crippen molar-refractivity contribution in [3.05, 3.63) is 35.6 Å². The smallest absolute Gasteiger partial charge is 0.127 e. The fraction of sp³-hybridized carbons (Fsp3) is 0.273. The average molecular weight is 160 g/mol. The number of benzene rings is 1. The zero-order valence-electron chi connectivity index (χ0n) is 6.68. The van der Waals surface area contributed by atoms with Gasteiger partial charge in [-0.2, -0.15) is 0 Å². The molecular formula is C11H9F. The van der Waals surface area contributed by atoms with Gasteiger partial charge in [0.2, 0.25) is 0 Å². The summed E-state index contributed by atoms with van der Waals surface area (Å²) >= 11 is 0. The maximum absolute atomic E-state index is 13.2. The van der Waals surface area contributed by atoms with Crippen LogP contribution in [0.2, 0.25) is 0 Å². The molecule has 60 valence electrons. The van der Waals surface area contributed by atoms with Crippen LogP contribution in [-0.2, 0) is 5.41 Å². The number of terminal acetylenes is 1. The summed E-state index contributed by atoms with van der Waals surface area (Å²) in [5.74, 6) is 2.50. The number of hydrogen-bond acceptors (Lipinski definition) is 0. The maximum Gasteiger partial charge on any atom is 0.127 e. The zero-order valence-corrected chi connectivity index (χ0v) is 6.68. The van der Waals surface area contributed by atoms with Gasteiger partial charge < -0.3 is 0 Å². The van der Waals surface area contributed by atoms with Crippen molar-refractivity contribution in [2.75, 3.05) is 0 Å². The Morgan fingerprint density at radius 3 is 2.50 bits per heavy atom. The standard InChI is InChI=1S/C11H9F/c1-2-11(7-8-11)9-5-3-4-6-10(9)12/h1,3-6H,7-8H2. The normalized spacial score (nSPS) is 18.3. The minimum atomic E-state index is -0.272. The van der Waals surface area contributed by atoms with E-state index in [1.54, 1.807) is 12.1 Å². The van der Waals surface area contributed by atoms with Crippen molar-refractivity contribution < 1.29 is 4.39 Å². The highest BCUT2D eigenvalue weighted by molar-refractivity contribution is 5.41. The molecule has 0 radical (unpaired) electrons. The minimum absolute atomic E-state index is 0.173. The Bertz CT molecular complexity index is 342. The van der Waals surface area contributed by atoms with Crippen molar-refractivity contribution in [1.82, 2.24) is 0 Å². The number of halogens is 1. The monoisotopic (exact) mass is 160 g/mol. The molecule has 1 fully saturated rings. The summed E-state index contributed by atoms with van der Waals surface area (Å²) in [6.45, 7) is 0. The van der Waals surface area contributed by atoms with Crippen molar-refractivity contribution >= 4 is 0 Å². The lowest BCUT2D eigenvalue weighted by molar-refractivity contribution is 0.600. The van der Waals surface area contributed by atoms with Crippen LogP contribution in [0.5, 0.6) is 0 Å². The maximum atomic E-state index is 13.2. The lowest BCUT2D eigenvalue weighted by atomic mass is 9.97. The second-order valence-electron chi connectivity index (χ2n) is 3.21. The van der Waals surface area contributed by atoms with Gasteiger partial charge in [0.25, 0.3) is 0 Å². The van der Waals surface area contributed by atoms with Crippen molar-refractivity contribution in [1.29, 1.82) is 0 Å². The molecule has 1 aromatic carbocycles. The van der Waals surface area contributed by atoms with Gasteiger partial charge in [0.05, 0.1) is 5.41 Å². The molecule has 0 spiro atoms. The van der Waals surface area contributed by atoms with E-state index in [9.17, 15) is 4.39 Å². The van der Waals surface area contributed by atoms with Gasteiger partial charge in [-0.25, -0.2) is 4.39 Å². The molecule has 1 aliphatic rings. The lowest BCUT2D eigenvalue weighted by Crippen LogP contribution is -2.04. The molecule has 1 heteroatoms. The second kappa shape index (κ2) is 2.35. The molecule has 0 amide bonds. The van der Waals surface area contributed by atoms with E-state index in [0.717, 1.165) is 12.8 Å². The Morgan fingerprint density at radius 1 is 1.33 bits per heavy atom. The summed E-state index contributed by atoms with van der Waals surface area (Å²) in [5, 5.41) is 0. The van der Waals surface area contributed by atoms with Gasteiger partial charge in [-0.1, -0.05) is 24.1 Å². The van der Waals surface area contributed by atoms with E-state index in [0.29, 0.717) is 5.56 Å². The van der Waals surface area contributed by atoms with Gasteiger partial charge in [-0.05, 0) is 18.9 Å². The first kappa shape index (κ1) is 7.36. The van der Waals surface area contributed by atoms with E-state index in [1.165, 1.54) is 6.07 Å². The van der Waals surface area contributed by atoms with Gasteiger partial charge in [0, 0.05) is 5.56 Å². The molecular weight excluding hydrogens is 151 g/mol. The Morgan fingerprint density at radius 2 is 2.00 bits per heavy atom. The van der Waals surface area contributed by atoms with E-state index in [2.05, 4.69) is 5.92 Å². The predicted octanol–water partition coefficient (Wildman–Crippen LogP) is 2.49. The van der Waals surface area contributed by atoms with E-state index >= 15 is 0 Å². The van der Waals surface area contributed by atoms with E-state index < -0.39 is 0 Å². The molecule has 0 atom stereocenters. The third kappa shape index (κ3) is 0.921. The quantitative estimate of drug-likeness (QED) is 0.554. The molecule has 1 saturated carbocycles.